The summed E-state index contributed by atoms with van der Waals surface area (Å²) >= 11 is 0. The normalized spacial score (nSPS) is 16.7. The van der Waals surface area contributed by atoms with Crippen LogP contribution >= 0.6 is 0 Å². The highest BCUT2D eigenvalue weighted by Gasteiger charge is 2.40. The van der Waals surface area contributed by atoms with Crippen LogP contribution in [0, 0.1) is 43.2 Å². The molecule has 5 rings (SSSR count). The third-order valence-electron chi connectivity index (χ3n) is 10.1. The van der Waals surface area contributed by atoms with Crippen molar-refractivity contribution in [1.82, 2.24) is 14.8 Å². The van der Waals surface area contributed by atoms with Gasteiger partial charge in [0, 0.05) is 29.4 Å². The Labute approximate surface area is 300 Å². The number of piperidine rings is 1. The fourth-order valence-corrected chi connectivity index (χ4v) is 7.47. The van der Waals surface area contributed by atoms with Gasteiger partial charge in [0.05, 0.1) is 23.6 Å². The Hall–Kier alpha value is -4.50. The van der Waals surface area contributed by atoms with E-state index in [0.29, 0.717) is 54.7 Å². The minimum atomic E-state index is -4.82. The van der Waals surface area contributed by atoms with Crippen molar-refractivity contribution in [3.63, 3.8) is 0 Å². The molecule has 1 aromatic heterocycles. The number of amides is 1. The SMILES string of the molecule is CC#Cc1cc(-c2c(C)cccc2C)c(F)c(C(CC(=O)O)NC(=O)C(CC(C)C)n2cc(C3CCN(C4CC4)CC3)c(C(F)(F)F)cc2=O)c1F. The number of pyridine rings is 1. The van der Waals surface area contributed by atoms with Gasteiger partial charge in [0.15, 0.2) is 0 Å². The lowest BCUT2D eigenvalue weighted by atomic mass is 9.87. The molecule has 0 spiro atoms. The van der Waals surface area contributed by atoms with E-state index in [2.05, 4.69) is 22.1 Å². The van der Waals surface area contributed by atoms with Crippen LogP contribution in [-0.4, -0.2) is 45.6 Å². The molecular formula is C40H44F5N3O4. The molecule has 2 N–H and O–H groups in total. The Kier molecular flexibility index (Phi) is 11.6. The van der Waals surface area contributed by atoms with Crippen LogP contribution in [0.3, 0.4) is 0 Å². The standard InChI is InChI=1S/C40H44F5N3O4/c1-6-8-26-18-28(35-23(4)9-7-10-24(35)5)38(42)36(37(26)41)31(20-34(50)51)46-39(52)32(17-22(2)3)48-21-29(30(19-33(48)49)40(43,44)45)25-13-15-47(16-14-25)27-11-12-27/h7,9-10,18-19,21-22,25,27,31-32H,11-17,20H2,1-5H3,(H,46,52)(H,50,51). The average Bonchev–Trinajstić information content (AvgIpc) is 3.91. The predicted octanol–water partition coefficient (Wildman–Crippen LogP) is 8.06. The molecule has 2 atom stereocenters. The number of aromatic nitrogens is 1. The van der Waals surface area contributed by atoms with Gasteiger partial charge in [-0.05, 0) is 106 Å². The number of alkyl halides is 3. The first-order valence-electron chi connectivity index (χ1n) is 17.6. The number of halogens is 5. The van der Waals surface area contributed by atoms with Gasteiger partial charge in [-0.15, -0.1) is 5.92 Å². The lowest BCUT2D eigenvalue weighted by molar-refractivity contribution is -0.139. The lowest BCUT2D eigenvalue weighted by Crippen LogP contribution is -2.41. The Morgan fingerprint density at radius 2 is 1.65 bits per heavy atom. The number of carboxylic acids is 1. The second-order valence-electron chi connectivity index (χ2n) is 14.4. The summed E-state index contributed by atoms with van der Waals surface area (Å²) in [5.74, 6) is -0.260. The van der Waals surface area contributed by atoms with Gasteiger partial charge in [0.2, 0.25) is 5.91 Å². The monoisotopic (exact) mass is 725 g/mol. The number of carbonyl (C=O) groups is 2. The maximum atomic E-state index is 16.6. The van der Waals surface area contributed by atoms with Crippen molar-refractivity contribution in [2.45, 2.75) is 103 Å². The van der Waals surface area contributed by atoms with E-state index >= 15 is 8.78 Å². The number of nitrogens with zero attached hydrogens (tertiary/aromatic N) is 2. The molecule has 2 aliphatic rings. The zero-order valence-corrected chi connectivity index (χ0v) is 30.0. The van der Waals surface area contributed by atoms with Crippen molar-refractivity contribution >= 4 is 11.9 Å². The summed E-state index contributed by atoms with van der Waals surface area (Å²) in [4.78, 5) is 42.1. The van der Waals surface area contributed by atoms with Crippen LogP contribution in [-0.2, 0) is 15.8 Å². The number of carbonyl (C=O) groups excluding carboxylic acids is 1. The number of hydrogen-bond acceptors (Lipinski definition) is 4. The van der Waals surface area contributed by atoms with Gasteiger partial charge in [-0.25, -0.2) is 8.78 Å². The number of nitrogens with one attached hydrogen (secondary N) is 1. The van der Waals surface area contributed by atoms with Crippen LogP contribution in [0.2, 0.25) is 0 Å². The third-order valence-corrected chi connectivity index (χ3v) is 10.1. The van der Waals surface area contributed by atoms with Crippen LogP contribution in [0.1, 0.15) is 111 Å². The number of hydrogen-bond donors (Lipinski definition) is 2. The van der Waals surface area contributed by atoms with Gasteiger partial charge in [-0.3, -0.25) is 14.4 Å². The van der Waals surface area contributed by atoms with Crippen LogP contribution < -0.4 is 10.9 Å². The molecule has 3 aromatic rings. The highest BCUT2D eigenvalue weighted by atomic mass is 19.4. The third kappa shape index (κ3) is 8.41. The summed E-state index contributed by atoms with van der Waals surface area (Å²) < 4.78 is 76.9. The Balaban J connectivity index is 1.60. The first-order valence-corrected chi connectivity index (χ1v) is 17.6. The topological polar surface area (TPSA) is 91.6 Å². The molecule has 2 unspecified atom stereocenters. The van der Waals surface area contributed by atoms with E-state index in [1.807, 2.05) is 0 Å². The Bertz CT molecular complexity index is 1940. The maximum Gasteiger partial charge on any atom is 0.416 e. The molecule has 0 radical (unpaired) electrons. The molecular weight excluding hydrogens is 681 g/mol. The van der Waals surface area contributed by atoms with E-state index in [1.54, 1.807) is 45.9 Å². The number of rotatable bonds is 11. The molecule has 2 heterocycles. The minimum Gasteiger partial charge on any atom is -0.481 e. The van der Waals surface area contributed by atoms with Gasteiger partial charge in [-0.1, -0.05) is 38.0 Å². The zero-order chi connectivity index (χ0) is 38.1. The summed E-state index contributed by atoms with van der Waals surface area (Å²) in [7, 11) is 0. The van der Waals surface area contributed by atoms with E-state index in [-0.39, 0.29) is 29.0 Å². The van der Waals surface area contributed by atoms with E-state index in [1.165, 1.54) is 13.0 Å². The Morgan fingerprint density at radius 3 is 2.19 bits per heavy atom. The molecule has 12 heteroatoms. The van der Waals surface area contributed by atoms with E-state index < -0.39 is 70.8 Å². The fraction of sp³-hybridized carbons (Fsp3) is 0.475. The predicted molar refractivity (Wildman–Crippen MR) is 188 cm³/mol. The zero-order valence-electron chi connectivity index (χ0n) is 30.0. The highest BCUT2D eigenvalue weighted by Crippen LogP contribution is 2.41. The first kappa shape index (κ1) is 38.7. The van der Waals surface area contributed by atoms with Crippen molar-refractivity contribution in [3.05, 3.63) is 91.9 Å². The van der Waals surface area contributed by atoms with Gasteiger partial charge in [0.25, 0.3) is 5.56 Å². The van der Waals surface area contributed by atoms with Gasteiger partial charge in [-0.2, -0.15) is 13.2 Å². The van der Waals surface area contributed by atoms with E-state index in [0.717, 1.165) is 23.6 Å². The summed E-state index contributed by atoms with van der Waals surface area (Å²) in [6.45, 7) is 9.68. The summed E-state index contributed by atoms with van der Waals surface area (Å²) in [5.41, 5.74) is -1.41. The molecule has 0 bridgehead atoms. The van der Waals surface area contributed by atoms with Crippen molar-refractivity contribution < 1.29 is 36.6 Å². The van der Waals surface area contributed by atoms with Crippen molar-refractivity contribution in [2.75, 3.05) is 13.1 Å². The van der Waals surface area contributed by atoms with Gasteiger partial charge in [0.1, 0.15) is 17.7 Å². The highest BCUT2D eigenvalue weighted by molar-refractivity contribution is 5.82. The smallest absolute Gasteiger partial charge is 0.416 e. The molecule has 1 aliphatic carbocycles. The van der Waals surface area contributed by atoms with Crippen LogP contribution in [0.4, 0.5) is 22.0 Å². The van der Waals surface area contributed by atoms with Crippen molar-refractivity contribution in [1.29, 1.82) is 0 Å². The number of aliphatic carboxylic acids is 1. The van der Waals surface area contributed by atoms with Crippen molar-refractivity contribution in [2.24, 2.45) is 5.92 Å². The van der Waals surface area contributed by atoms with Crippen molar-refractivity contribution in [3.8, 4) is 23.0 Å². The molecule has 2 aromatic carbocycles. The molecule has 52 heavy (non-hydrogen) atoms. The summed E-state index contributed by atoms with van der Waals surface area (Å²) in [5, 5.41) is 12.4. The molecule has 278 valence electrons. The Morgan fingerprint density at radius 1 is 1.02 bits per heavy atom. The minimum absolute atomic E-state index is 0.0313. The molecule has 2 fully saturated rings. The summed E-state index contributed by atoms with van der Waals surface area (Å²) in [6, 6.07) is 4.30. The second kappa shape index (κ2) is 15.6. The molecule has 1 amide bonds. The van der Waals surface area contributed by atoms with E-state index in [4.69, 9.17) is 0 Å². The fourth-order valence-electron chi connectivity index (χ4n) is 7.47. The van der Waals surface area contributed by atoms with Crippen LogP contribution in [0.25, 0.3) is 11.1 Å². The molecule has 1 saturated carbocycles. The lowest BCUT2D eigenvalue weighted by Gasteiger charge is -2.34. The number of aryl methyl sites for hydroxylation is 2. The number of carboxylic acid groups (broad SMARTS) is 1. The number of likely N-dealkylation sites (tertiary alicyclic amines) is 1. The van der Waals surface area contributed by atoms with Gasteiger partial charge >= 0.3 is 12.1 Å². The average molecular weight is 726 g/mol. The quantitative estimate of drug-likeness (QED) is 0.154. The summed E-state index contributed by atoms with van der Waals surface area (Å²) in [6.07, 6.45) is -1.66. The van der Waals surface area contributed by atoms with Gasteiger partial charge < -0.3 is 19.9 Å². The molecule has 1 aliphatic heterocycles. The maximum absolute atomic E-state index is 16.6. The molecule has 7 nitrogen and oxygen atoms in total. The van der Waals surface area contributed by atoms with Crippen LogP contribution in [0.15, 0.2) is 41.3 Å². The van der Waals surface area contributed by atoms with E-state index in [9.17, 15) is 32.7 Å². The second-order valence-corrected chi connectivity index (χ2v) is 14.4. The van der Waals surface area contributed by atoms with Crippen LogP contribution in [0.5, 0.6) is 0 Å². The first-order chi connectivity index (χ1) is 24.5. The number of benzene rings is 2. The largest absolute Gasteiger partial charge is 0.481 e. The molecule has 1 saturated heterocycles.